The molecule has 0 unspecified atom stereocenters. The van der Waals surface area contributed by atoms with Crippen LogP contribution in [0.4, 0.5) is 0 Å². The molecule has 4 rings (SSSR count). The lowest BCUT2D eigenvalue weighted by molar-refractivity contribution is -0.131. The van der Waals surface area contributed by atoms with E-state index in [2.05, 4.69) is 0 Å². The first-order valence-corrected chi connectivity index (χ1v) is 10.0. The first-order valence-electron chi connectivity index (χ1n) is 10.0. The van der Waals surface area contributed by atoms with Crippen LogP contribution in [0.1, 0.15) is 27.6 Å². The molecule has 0 amide bonds. The van der Waals surface area contributed by atoms with Gasteiger partial charge in [-0.15, -0.1) is 0 Å². The van der Waals surface area contributed by atoms with Gasteiger partial charge >= 0.3 is 17.9 Å². The Balaban J connectivity index is 1.40. The zero-order valence-corrected chi connectivity index (χ0v) is 17.5. The minimum Gasteiger partial charge on any atom is -0.496 e. The second-order valence-corrected chi connectivity index (χ2v) is 7.27. The third-order valence-electron chi connectivity index (χ3n) is 5.17. The van der Waals surface area contributed by atoms with Gasteiger partial charge in [0.05, 0.1) is 20.3 Å². The van der Waals surface area contributed by atoms with E-state index >= 15 is 0 Å². The predicted octanol–water partition coefficient (Wildman–Crippen LogP) is 2.17. The van der Waals surface area contributed by atoms with Crippen molar-refractivity contribution in [1.82, 2.24) is 0 Å². The van der Waals surface area contributed by atoms with Gasteiger partial charge in [-0.3, -0.25) is 4.79 Å². The van der Waals surface area contributed by atoms with E-state index in [1.165, 1.54) is 26.2 Å². The van der Waals surface area contributed by atoms with Gasteiger partial charge < -0.3 is 28.4 Å². The second-order valence-electron chi connectivity index (χ2n) is 7.27. The summed E-state index contributed by atoms with van der Waals surface area (Å²) in [6.45, 7) is 1.43. The van der Waals surface area contributed by atoms with Crippen molar-refractivity contribution < 1.29 is 42.8 Å². The highest BCUT2D eigenvalue weighted by Crippen LogP contribution is 2.32. The monoisotopic (exact) mass is 442 g/mol. The fourth-order valence-electron chi connectivity index (χ4n) is 3.73. The molecule has 9 heteroatoms. The zero-order chi connectivity index (χ0) is 22.7. The topological polar surface area (TPSA) is 107 Å². The van der Waals surface area contributed by atoms with E-state index in [0.29, 0.717) is 11.3 Å². The van der Waals surface area contributed by atoms with Crippen molar-refractivity contribution in [2.24, 2.45) is 0 Å². The lowest BCUT2D eigenvalue weighted by Crippen LogP contribution is -2.36. The summed E-state index contributed by atoms with van der Waals surface area (Å²) >= 11 is 0. The Labute approximate surface area is 184 Å². The van der Waals surface area contributed by atoms with Gasteiger partial charge in [0.15, 0.2) is 12.2 Å². The summed E-state index contributed by atoms with van der Waals surface area (Å²) in [5.41, 5.74) is 0.407. The van der Waals surface area contributed by atoms with Crippen molar-refractivity contribution in [3.05, 3.63) is 59.7 Å². The standard InChI is InChI=1S/C23H22O9/c1-13(24)30-17-10-6-4-8-15(17)23(26)32-19-12-29-20-18(11-28-21(19)20)31-22(25)14-7-3-5-9-16(14)27-2/h3-10,18-21H,11-12H2,1-2H3/t18-,19+,20-,21-/m1/s1. The molecule has 2 heterocycles. The highest BCUT2D eigenvalue weighted by atomic mass is 16.7. The molecule has 32 heavy (non-hydrogen) atoms. The maximum absolute atomic E-state index is 12.7. The number of rotatable bonds is 6. The molecule has 0 saturated carbocycles. The van der Waals surface area contributed by atoms with E-state index in [9.17, 15) is 14.4 Å². The van der Waals surface area contributed by atoms with Gasteiger partial charge in [0.2, 0.25) is 0 Å². The Morgan fingerprint density at radius 2 is 1.25 bits per heavy atom. The number of carbonyl (C=O) groups excluding carboxylic acids is 3. The fraction of sp³-hybridized carbons (Fsp3) is 0.348. The molecule has 0 N–H and O–H groups in total. The van der Waals surface area contributed by atoms with Gasteiger partial charge in [0.25, 0.3) is 0 Å². The van der Waals surface area contributed by atoms with Crippen LogP contribution in [0.5, 0.6) is 11.5 Å². The lowest BCUT2D eigenvalue weighted by Gasteiger charge is -2.18. The summed E-state index contributed by atoms with van der Waals surface area (Å²) < 4.78 is 32.9. The van der Waals surface area contributed by atoms with Crippen molar-refractivity contribution >= 4 is 17.9 Å². The Morgan fingerprint density at radius 3 is 1.75 bits per heavy atom. The summed E-state index contributed by atoms with van der Waals surface area (Å²) in [5.74, 6) is -1.27. The maximum Gasteiger partial charge on any atom is 0.342 e. The molecule has 2 aliphatic heterocycles. The molecule has 168 valence electrons. The minimum absolute atomic E-state index is 0.0829. The Morgan fingerprint density at radius 1 is 0.781 bits per heavy atom. The van der Waals surface area contributed by atoms with Crippen LogP contribution in [0.3, 0.4) is 0 Å². The largest absolute Gasteiger partial charge is 0.496 e. The van der Waals surface area contributed by atoms with E-state index < -0.39 is 42.3 Å². The molecule has 4 atom stereocenters. The van der Waals surface area contributed by atoms with Gasteiger partial charge in [-0.2, -0.15) is 0 Å². The second kappa shape index (κ2) is 9.37. The third-order valence-corrected chi connectivity index (χ3v) is 5.17. The smallest absolute Gasteiger partial charge is 0.342 e. The maximum atomic E-state index is 12.7. The molecule has 0 aromatic heterocycles. The van der Waals surface area contributed by atoms with E-state index in [-0.39, 0.29) is 24.5 Å². The number of hydrogen-bond donors (Lipinski definition) is 0. The van der Waals surface area contributed by atoms with E-state index in [0.717, 1.165) is 0 Å². The van der Waals surface area contributed by atoms with E-state index in [4.69, 9.17) is 28.4 Å². The number of methoxy groups -OCH3 is 1. The van der Waals surface area contributed by atoms with E-state index in [1.807, 2.05) is 0 Å². The SMILES string of the molecule is COc1ccccc1C(=O)O[C@@H]1CO[C@H]2[C@@H]1OC[C@@H]2OC(=O)c1ccccc1OC(C)=O. The average Bonchev–Trinajstić information content (AvgIpc) is 3.37. The normalized spacial score (nSPS) is 23.8. The van der Waals surface area contributed by atoms with Crippen LogP contribution in [0.25, 0.3) is 0 Å². The number of ether oxygens (including phenoxy) is 6. The first-order chi connectivity index (χ1) is 15.5. The summed E-state index contributed by atoms with van der Waals surface area (Å²) in [6, 6.07) is 13.0. The van der Waals surface area contributed by atoms with Crippen molar-refractivity contribution in [2.45, 2.75) is 31.3 Å². The summed E-state index contributed by atoms with van der Waals surface area (Å²) in [4.78, 5) is 36.6. The molecule has 2 saturated heterocycles. The summed E-state index contributed by atoms with van der Waals surface area (Å²) in [5, 5.41) is 0. The van der Waals surface area contributed by atoms with Crippen LogP contribution >= 0.6 is 0 Å². The van der Waals surface area contributed by atoms with Crippen LogP contribution in [-0.2, 0) is 23.7 Å². The molecule has 2 fully saturated rings. The highest BCUT2D eigenvalue weighted by Gasteiger charge is 2.51. The van der Waals surface area contributed by atoms with Crippen LogP contribution in [0, 0.1) is 0 Å². The third kappa shape index (κ3) is 4.44. The van der Waals surface area contributed by atoms with Gasteiger partial charge in [-0.25, -0.2) is 9.59 Å². The van der Waals surface area contributed by atoms with Crippen molar-refractivity contribution in [3.8, 4) is 11.5 Å². The lowest BCUT2D eigenvalue weighted by atomic mass is 10.1. The highest BCUT2D eigenvalue weighted by molar-refractivity contribution is 5.94. The summed E-state index contributed by atoms with van der Waals surface area (Å²) in [7, 11) is 1.47. The number of fused-ring (bicyclic) bond motifs is 1. The molecule has 0 aliphatic carbocycles. The van der Waals surface area contributed by atoms with Crippen molar-refractivity contribution in [2.75, 3.05) is 20.3 Å². The minimum atomic E-state index is -0.701. The molecule has 9 nitrogen and oxygen atoms in total. The number of esters is 3. The van der Waals surface area contributed by atoms with Gasteiger partial charge in [-0.1, -0.05) is 24.3 Å². The van der Waals surface area contributed by atoms with Crippen LogP contribution < -0.4 is 9.47 Å². The summed E-state index contributed by atoms with van der Waals surface area (Å²) in [6.07, 6.45) is -2.52. The molecule has 0 radical (unpaired) electrons. The van der Waals surface area contributed by atoms with Gasteiger partial charge in [-0.05, 0) is 24.3 Å². The predicted molar refractivity (Wildman–Crippen MR) is 109 cm³/mol. The van der Waals surface area contributed by atoms with Crippen LogP contribution in [-0.4, -0.2) is 62.6 Å². The Bertz CT molecular complexity index is 1020. The number of benzene rings is 2. The average molecular weight is 442 g/mol. The number of carbonyl (C=O) groups is 3. The molecular weight excluding hydrogens is 420 g/mol. The molecule has 2 aromatic rings. The quantitative estimate of drug-likeness (QED) is 0.491. The van der Waals surface area contributed by atoms with Crippen LogP contribution in [0.15, 0.2) is 48.5 Å². The zero-order valence-electron chi connectivity index (χ0n) is 17.5. The Hall–Kier alpha value is -3.43. The fourth-order valence-corrected chi connectivity index (χ4v) is 3.73. The molecule has 2 aromatic carbocycles. The molecule has 2 aliphatic rings. The first kappa shape index (κ1) is 21.8. The molecule has 0 spiro atoms. The van der Waals surface area contributed by atoms with Crippen molar-refractivity contribution in [1.29, 1.82) is 0 Å². The number of hydrogen-bond acceptors (Lipinski definition) is 9. The van der Waals surface area contributed by atoms with Gasteiger partial charge in [0.1, 0.15) is 34.8 Å². The van der Waals surface area contributed by atoms with Crippen LogP contribution in [0.2, 0.25) is 0 Å². The van der Waals surface area contributed by atoms with Gasteiger partial charge in [0, 0.05) is 6.92 Å². The van der Waals surface area contributed by atoms with E-state index in [1.54, 1.807) is 36.4 Å². The Kier molecular flexibility index (Phi) is 6.38. The molecular formula is C23H22O9. The molecule has 0 bridgehead atoms. The van der Waals surface area contributed by atoms with Crippen molar-refractivity contribution in [3.63, 3.8) is 0 Å². The number of para-hydroxylation sites is 2.